The molecule has 0 aromatic heterocycles. The predicted molar refractivity (Wildman–Crippen MR) is 140 cm³/mol. The second-order valence-electron chi connectivity index (χ2n) is 11.0. The minimum Gasteiger partial charge on any atom is -0.382 e. The lowest BCUT2D eigenvalue weighted by atomic mass is 9.74. The largest absolute Gasteiger partial charge is 0.382 e. The number of nitrogens with zero attached hydrogens (tertiary/aromatic N) is 1. The lowest BCUT2D eigenvalue weighted by Crippen LogP contribution is -2.57. The van der Waals surface area contributed by atoms with Gasteiger partial charge in [-0.2, -0.15) is 0 Å². The molecule has 4 aliphatic rings. The molecule has 8 nitrogen and oxygen atoms in total. The molecule has 2 saturated heterocycles. The fourth-order valence-electron chi connectivity index (χ4n) is 6.73. The molecule has 3 fully saturated rings. The van der Waals surface area contributed by atoms with Crippen LogP contribution in [0.4, 0.5) is 5.69 Å². The van der Waals surface area contributed by atoms with Gasteiger partial charge >= 0.3 is 0 Å². The maximum Gasteiger partial charge on any atom is 0.246 e. The number of anilines is 1. The summed E-state index contributed by atoms with van der Waals surface area (Å²) in [6.07, 6.45) is 8.09. The van der Waals surface area contributed by atoms with Gasteiger partial charge in [-0.1, -0.05) is 44.1 Å². The monoisotopic (exact) mass is 509 g/mol. The van der Waals surface area contributed by atoms with Crippen molar-refractivity contribution in [3.8, 4) is 0 Å². The highest BCUT2D eigenvalue weighted by Crippen LogP contribution is 2.55. The average molecular weight is 510 g/mol. The summed E-state index contributed by atoms with van der Waals surface area (Å²) in [6, 6.07) is 6.86. The van der Waals surface area contributed by atoms with Crippen LogP contribution in [0.1, 0.15) is 51.5 Å². The van der Waals surface area contributed by atoms with E-state index in [2.05, 4.69) is 17.6 Å². The van der Waals surface area contributed by atoms with Gasteiger partial charge in [0, 0.05) is 31.5 Å². The summed E-state index contributed by atoms with van der Waals surface area (Å²) >= 11 is 0. The number of carbonyl (C=O) groups is 3. The Morgan fingerprint density at radius 2 is 2.03 bits per heavy atom. The van der Waals surface area contributed by atoms with Gasteiger partial charge in [0.15, 0.2) is 0 Å². The lowest BCUT2D eigenvalue weighted by molar-refractivity contribution is -0.141. The van der Waals surface area contributed by atoms with E-state index in [0.717, 1.165) is 24.8 Å². The van der Waals surface area contributed by atoms with Crippen LogP contribution < -0.4 is 10.6 Å². The Hall–Kier alpha value is -2.71. The molecule has 5 rings (SSSR count). The zero-order valence-electron chi connectivity index (χ0n) is 22.1. The van der Waals surface area contributed by atoms with Crippen molar-refractivity contribution in [1.82, 2.24) is 10.2 Å². The number of aryl methyl sites for hydroxylation is 1. The summed E-state index contributed by atoms with van der Waals surface area (Å²) in [5.41, 5.74) is 0.582. The van der Waals surface area contributed by atoms with Crippen molar-refractivity contribution in [3.63, 3.8) is 0 Å². The molecule has 1 aliphatic carbocycles. The molecule has 7 atom stereocenters. The average Bonchev–Trinajstić information content (AvgIpc) is 3.51. The third kappa shape index (κ3) is 4.70. The Labute approximate surface area is 219 Å². The number of likely N-dealkylation sites (tertiary alicyclic amines) is 1. The summed E-state index contributed by atoms with van der Waals surface area (Å²) in [5.74, 6) is -1.67. The topological polar surface area (TPSA) is 97.0 Å². The highest BCUT2D eigenvalue weighted by molar-refractivity contribution is 6.02. The SMILES string of the molecule is CCOCCCN1C(=O)C2C(C(=O)Nc3cccc(C)c3)C3C=CC2(O3)C1C(=O)NC1CCCCC1C. The molecule has 1 spiro atoms. The Balaban J connectivity index is 1.41. The van der Waals surface area contributed by atoms with E-state index in [1.807, 2.05) is 50.3 Å². The zero-order chi connectivity index (χ0) is 26.2. The van der Waals surface area contributed by atoms with Crippen molar-refractivity contribution >= 4 is 23.4 Å². The van der Waals surface area contributed by atoms with Gasteiger partial charge in [-0.05, 0) is 56.7 Å². The number of nitrogens with one attached hydrogen (secondary N) is 2. The van der Waals surface area contributed by atoms with Crippen LogP contribution in [0, 0.1) is 24.7 Å². The van der Waals surface area contributed by atoms with Crippen LogP contribution in [0.25, 0.3) is 0 Å². The van der Waals surface area contributed by atoms with Gasteiger partial charge < -0.3 is 25.0 Å². The van der Waals surface area contributed by atoms with Crippen LogP contribution in [0.5, 0.6) is 0 Å². The minimum atomic E-state index is -1.13. The molecule has 3 heterocycles. The summed E-state index contributed by atoms with van der Waals surface area (Å²) in [5, 5.41) is 6.25. The fraction of sp³-hybridized carbons (Fsp3) is 0.621. The van der Waals surface area contributed by atoms with Gasteiger partial charge in [-0.3, -0.25) is 14.4 Å². The quantitative estimate of drug-likeness (QED) is 0.394. The maximum atomic E-state index is 13.9. The first-order valence-electron chi connectivity index (χ1n) is 13.8. The van der Waals surface area contributed by atoms with E-state index in [1.54, 1.807) is 4.90 Å². The van der Waals surface area contributed by atoms with Gasteiger partial charge in [0.05, 0.1) is 17.9 Å². The number of rotatable bonds is 9. The Bertz CT molecular complexity index is 1070. The normalized spacial score (nSPS) is 34.0. The molecule has 3 amide bonds. The van der Waals surface area contributed by atoms with Crippen molar-refractivity contribution in [2.75, 3.05) is 25.1 Å². The molecule has 2 bridgehead atoms. The van der Waals surface area contributed by atoms with E-state index >= 15 is 0 Å². The summed E-state index contributed by atoms with van der Waals surface area (Å²) in [6.45, 7) is 7.55. The van der Waals surface area contributed by atoms with Gasteiger partial charge in [0.25, 0.3) is 0 Å². The maximum absolute atomic E-state index is 13.9. The summed E-state index contributed by atoms with van der Waals surface area (Å²) in [4.78, 5) is 43.0. The number of carbonyl (C=O) groups excluding carboxylic acids is 3. The van der Waals surface area contributed by atoms with Crippen LogP contribution in [0.15, 0.2) is 36.4 Å². The second-order valence-corrected chi connectivity index (χ2v) is 11.0. The highest BCUT2D eigenvalue weighted by Gasteiger charge is 2.72. The van der Waals surface area contributed by atoms with Gasteiger partial charge in [0.1, 0.15) is 11.6 Å². The molecule has 2 N–H and O–H groups in total. The van der Waals surface area contributed by atoms with Crippen LogP contribution in [0.3, 0.4) is 0 Å². The Morgan fingerprint density at radius 3 is 2.78 bits per heavy atom. The smallest absolute Gasteiger partial charge is 0.246 e. The van der Waals surface area contributed by atoms with E-state index in [4.69, 9.17) is 9.47 Å². The van der Waals surface area contributed by atoms with Crippen molar-refractivity contribution in [3.05, 3.63) is 42.0 Å². The van der Waals surface area contributed by atoms with E-state index < -0.39 is 29.6 Å². The predicted octanol–water partition coefficient (Wildman–Crippen LogP) is 3.21. The standard InChI is InChI=1S/C29H39N3O5/c1-4-36-16-8-15-32-25(27(34)31-21-12-6-5-10-19(21)3)29-14-13-22(37-29)23(24(29)28(32)35)26(33)30-20-11-7-9-18(2)17-20/h7,9,11,13-14,17,19,21-25H,4-6,8,10,12,15-16H2,1-3H3,(H,30,33)(H,31,34). The number of hydrogen-bond acceptors (Lipinski definition) is 5. The molecule has 7 unspecified atom stereocenters. The molecule has 1 aromatic carbocycles. The molecule has 1 aromatic rings. The second kappa shape index (κ2) is 10.6. The molecule has 1 saturated carbocycles. The Morgan fingerprint density at radius 1 is 1.22 bits per heavy atom. The molecular formula is C29H39N3O5. The van der Waals surface area contributed by atoms with E-state index in [9.17, 15) is 14.4 Å². The lowest BCUT2D eigenvalue weighted by Gasteiger charge is -2.36. The third-order valence-corrected chi connectivity index (χ3v) is 8.54. The number of amides is 3. The third-order valence-electron chi connectivity index (χ3n) is 8.54. The van der Waals surface area contributed by atoms with Gasteiger partial charge in [0.2, 0.25) is 17.7 Å². The molecule has 0 radical (unpaired) electrons. The first-order chi connectivity index (χ1) is 17.9. The molecule has 3 aliphatic heterocycles. The first-order valence-corrected chi connectivity index (χ1v) is 13.8. The number of benzene rings is 1. The number of ether oxygens (including phenoxy) is 2. The minimum absolute atomic E-state index is 0.0834. The summed E-state index contributed by atoms with van der Waals surface area (Å²) < 4.78 is 11.9. The van der Waals surface area contributed by atoms with E-state index in [1.165, 1.54) is 6.42 Å². The molecule has 37 heavy (non-hydrogen) atoms. The van der Waals surface area contributed by atoms with E-state index in [-0.39, 0.29) is 23.8 Å². The Kier molecular flexibility index (Phi) is 7.41. The fourth-order valence-corrected chi connectivity index (χ4v) is 6.73. The molecule has 8 heteroatoms. The molecular weight excluding hydrogens is 470 g/mol. The molecule has 200 valence electrons. The van der Waals surface area contributed by atoms with Gasteiger partial charge in [-0.25, -0.2) is 0 Å². The number of hydrogen-bond donors (Lipinski definition) is 2. The van der Waals surface area contributed by atoms with E-state index in [0.29, 0.717) is 37.8 Å². The highest BCUT2D eigenvalue weighted by atomic mass is 16.5. The van der Waals surface area contributed by atoms with Crippen LogP contribution in [-0.2, 0) is 23.9 Å². The van der Waals surface area contributed by atoms with Gasteiger partial charge in [-0.15, -0.1) is 0 Å². The zero-order valence-corrected chi connectivity index (χ0v) is 22.1. The van der Waals surface area contributed by atoms with Crippen LogP contribution >= 0.6 is 0 Å². The summed E-state index contributed by atoms with van der Waals surface area (Å²) in [7, 11) is 0. The van der Waals surface area contributed by atoms with Crippen molar-refractivity contribution in [2.45, 2.75) is 76.7 Å². The number of fused-ring (bicyclic) bond motifs is 1. The van der Waals surface area contributed by atoms with Crippen molar-refractivity contribution in [1.29, 1.82) is 0 Å². The first kappa shape index (κ1) is 25.9. The van der Waals surface area contributed by atoms with Crippen molar-refractivity contribution in [2.24, 2.45) is 17.8 Å². The van der Waals surface area contributed by atoms with Crippen LogP contribution in [0.2, 0.25) is 0 Å². The van der Waals surface area contributed by atoms with Crippen molar-refractivity contribution < 1.29 is 23.9 Å². The van der Waals surface area contributed by atoms with Crippen LogP contribution in [-0.4, -0.2) is 66.2 Å².